The van der Waals surface area contributed by atoms with Crippen LogP contribution in [-0.2, 0) is 24.1 Å². The minimum absolute atomic E-state index is 0.161. The highest BCUT2D eigenvalue weighted by Gasteiger charge is 2.17. The minimum Gasteiger partial charge on any atom is -0.376 e. The minimum atomic E-state index is -0.175. The standard InChI is InChI=1S/C14H23N3O3/c1-3-12-11(13(4-2)20-17-12)9-16-14(18)15-8-10-6-5-7-19-10/h10H,3-9H2,1-2H3,(H2,15,16,18). The molecule has 0 aliphatic carbocycles. The first-order valence-corrected chi connectivity index (χ1v) is 7.34. The fourth-order valence-corrected chi connectivity index (χ4v) is 2.38. The number of nitrogens with zero attached hydrogens (tertiary/aromatic N) is 1. The number of aryl methyl sites for hydroxylation is 2. The van der Waals surface area contributed by atoms with Crippen molar-refractivity contribution in [1.29, 1.82) is 0 Å². The Kier molecular flexibility index (Phi) is 5.40. The molecule has 112 valence electrons. The summed E-state index contributed by atoms with van der Waals surface area (Å²) in [6.45, 7) is 5.86. The maximum absolute atomic E-state index is 11.8. The van der Waals surface area contributed by atoms with Crippen LogP contribution in [0.3, 0.4) is 0 Å². The van der Waals surface area contributed by atoms with Gasteiger partial charge in [0.15, 0.2) is 0 Å². The molecule has 1 aliphatic rings. The molecule has 1 unspecified atom stereocenters. The van der Waals surface area contributed by atoms with E-state index in [4.69, 9.17) is 9.26 Å². The second-order valence-electron chi connectivity index (χ2n) is 4.94. The molecule has 0 aromatic carbocycles. The van der Waals surface area contributed by atoms with Gasteiger partial charge in [-0.15, -0.1) is 0 Å². The van der Waals surface area contributed by atoms with E-state index in [0.717, 1.165) is 49.3 Å². The number of nitrogens with one attached hydrogen (secondary N) is 2. The second-order valence-corrected chi connectivity index (χ2v) is 4.94. The van der Waals surface area contributed by atoms with Gasteiger partial charge >= 0.3 is 6.03 Å². The Morgan fingerprint density at radius 3 is 2.85 bits per heavy atom. The zero-order chi connectivity index (χ0) is 14.4. The molecule has 6 heteroatoms. The van der Waals surface area contributed by atoms with E-state index >= 15 is 0 Å². The molecule has 1 aliphatic heterocycles. The number of urea groups is 1. The molecule has 6 nitrogen and oxygen atoms in total. The molecule has 0 spiro atoms. The van der Waals surface area contributed by atoms with Crippen molar-refractivity contribution in [2.24, 2.45) is 0 Å². The van der Waals surface area contributed by atoms with Crippen LogP contribution in [0.4, 0.5) is 4.79 Å². The lowest BCUT2D eigenvalue weighted by molar-refractivity contribution is 0.111. The van der Waals surface area contributed by atoms with Crippen molar-refractivity contribution in [3.8, 4) is 0 Å². The van der Waals surface area contributed by atoms with Crippen LogP contribution in [0.2, 0.25) is 0 Å². The van der Waals surface area contributed by atoms with E-state index in [1.165, 1.54) is 0 Å². The predicted octanol–water partition coefficient (Wildman–Crippen LogP) is 1.78. The van der Waals surface area contributed by atoms with Crippen molar-refractivity contribution in [3.05, 3.63) is 17.0 Å². The Morgan fingerprint density at radius 2 is 2.20 bits per heavy atom. The van der Waals surface area contributed by atoms with Crippen molar-refractivity contribution in [1.82, 2.24) is 15.8 Å². The molecule has 1 atom stereocenters. The third-order valence-electron chi connectivity index (χ3n) is 3.55. The van der Waals surface area contributed by atoms with Crippen LogP contribution in [0.5, 0.6) is 0 Å². The zero-order valence-electron chi connectivity index (χ0n) is 12.2. The first kappa shape index (κ1) is 14.8. The number of carbonyl (C=O) groups excluding carboxylic acids is 1. The summed E-state index contributed by atoms with van der Waals surface area (Å²) in [6, 6.07) is -0.175. The summed E-state index contributed by atoms with van der Waals surface area (Å²) in [7, 11) is 0. The van der Waals surface area contributed by atoms with E-state index in [-0.39, 0.29) is 12.1 Å². The number of hydrogen-bond donors (Lipinski definition) is 2. The average Bonchev–Trinajstić information content (AvgIpc) is 3.11. The average molecular weight is 281 g/mol. The third kappa shape index (κ3) is 3.72. The van der Waals surface area contributed by atoms with Crippen LogP contribution in [-0.4, -0.2) is 30.4 Å². The van der Waals surface area contributed by atoms with Gasteiger partial charge in [-0.05, 0) is 19.3 Å². The van der Waals surface area contributed by atoms with E-state index in [0.29, 0.717) is 13.1 Å². The zero-order valence-corrected chi connectivity index (χ0v) is 12.2. The van der Waals surface area contributed by atoms with Crippen LogP contribution in [0, 0.1) is 0 Å². The predicted molar refractivity (Wildman–Crippen MR) is 74.5 cm³/mol. The van der Waals surface area contributed by atoms with Crippen molar-refractivity contribution in [2.75, 3.05) is 13.2 Å². The molecule has 2 heterocycles. The van der Waals surface area contributed by atoms with Gasteiger partial charge < -0.3 is 19.9 Å². The van der Waals surface area contributed by atoms with Crippen LogP contribution in [0.25, 0.3) is 0 Å². The summed E-state index contributed by atoms with van der Waals surface area (Å²) in [5.41, 5.74) is 1.92. The molecular formula is C14H23N3O3. The van der Waals surface area contributed by atoms with Crippen molar-refractivity contribution in [3.63, 3.8) is 0 Å². The first-order chi connectivity index (χ1) is 9.74. The van der Waals surface area contributed by atoms with Gasteiger partial charge in [-0.1, -0.05) is 19.0 Å². The van der Waals surface area contributed by atoms with Crippen LogP contribution >= 0.6 is 0 Å². The molecule has 1 aromatic heterocycles. The summed E-state index contributed by atoms with van der Waals surface area (Å²) in [4.78, 5) is 11.8. The number of ether oxygens (including phenoxy) is 1. The number of hydrogen-bond acceptors (Lipinski definition) is 4. The van der Waals surface area contributed by atoms with Crippen molar-refractivity contribution < 1.29 is 14.1 Å². The molecule has 2 amide bonds. The fourth-order valence-electron chi connectivity index (χ4n) is 2.38. The van der Waals surface area contributed by atoms with E-state index in [9.17, 15) is 4.79 Å². The molecule has 1 saturated heterocycles. The Balaban J connectivity index is 1.78. The fraction of sp³-hybridized carbons (Fsp3) is 0.714. The molecule has 20 heavy (non-hydrogen) atoms. The summed E-state index contributed by atoms with van der Waals surface area (Å²) >= 11 is 0. The Hall–Kier alpha value is -1.56. The highest BCUT2D eigenvalue weighted by atomic mass is 16.5. The SMILES string of the molecule is CCc1noc(CC)c1CNC(=O)NCC1CCCO1. The van der Waals surface area contributed by atoms with Gasteiger partial charge in [0.25, 0.3) is 0 Å². The second kappa shape index (κ2) is 7.28. The lowest BCUT2D eigenvalue weighted by Crippen LogP contribution is -2.39. The molecule has 1 aromatic rings. The van der Waals surface area contributed by atoms with Crippen LogP contribution in [0.15, 0.2) is 4.52 Å². The molecule has 1 fully saturated rings. The normalized spacial score (nSPS) is 18.2. The monoisotopic (exact) mass is 281 g/mol. The number of rotatable bonds is 6. The molecular weight excluding hydrogens is 258 g/mol. The summed E-state index contributed by atoms with van der Waals surface area (Å²) in [6.07, 6.45) is 3.84. The van der Waals surface area contributed by atoms with Gasteiger partial charge in [0.1, 0.15) is 5.76 Å². The van der Waals surface area contributed by atoms with Crippen LogP contribution < -0.4 is 10.6 Å². The maximum Gasteiger partial charge on any atom is 0.315 e. The quantitative estimate of drug-likeness (QED) is 0.833. The largest absolute Gasteiger partial charge is 0.376 e. The van der Waals surface area contributed by atoms with Gasteiger partial charge in [0.2, 0.25) is 0 Å². The Morgan fingerprint density at radius 1 is 1.35 bits per heavy atom. The van der Waals surface area contributed by atoms with E-state index in [1.54, 1.807) is 0 Å². The smallest absolute Gasteiger partial charge is 0.315 e. The lowest BCUT2D eigenvalue weighted by atomic mass is 10.1. The van der Waals surface area contributed by atoms with Gasteiger partial charge in [0.05, 0.1) is 11.8 Å². The number of carbonyl (C=O) groups is 1. The molecule has 2 N–H and O–H groups in total. The van der Waals surface area contributed by atoms with Crippen LogP contribution in [0.1, 0.15) is 43.7 Å². The molecule has 0 saturated carbocycles. The Bertz CT molecular complexity index is 417. The van der Waals surface area contributed by atoms with Gasteiger partial charge in [0, 0.05) is 31.7 Å². The van der Waals surface area contributed by atoms with E-state index in [2.05, 4.69) is 15.8 Å². The summed E-state index contributed by atoms with van der Waals surface area (Å²) < 4.78 is 10.7. The number of aromatic nitrogens is 1. The molecule has 0 bridgehead atoms. The molecule has 0 radical (unpaired) electrons. The van der Waals surface area contributed by atoms with E-state index < -0.39 is 0 Å². The summed E-state index contributed by atoms with van der Waals surface area (Å²) in [5.74, 6) is 0.848. The van der Waals surface area contributed by atoms with Gasteiger partial charge in [-0.3, -0.25) is 0 Å². The van der Waals surface area contributed by atoms with Crippen molar-refractivity contribution >= 4 is 6.03 Å². The topological polar surface area (TPSA) is 76.4 Å². The maximum atomic E-state index is 11.8. The van der Waals surface area contributed by atoms with E-state index in [1.807, 2.05) is 13.8 Å². The third-order valence-corrected chi connectivity index (χ3v) is 3.55. The first-order valence-electron chi connectivity index (χ1n) is 7.34. The summed E-state index contributed by atoms with van der Waals surface area (Å²) in [5, 5.41) is 9.71. The van der Waals surface area contributed by atoms with Crippen molar-refractivity contribution in [2.45, 2.75) is 52.2 Å². The molecule has 2 rings (SSSR count). The Labute approximate surface area is 119 Å². The highest BCUT2D eigenvalue weighted by Crippen LogP contribution is 2.15. The number of amides is 2. The van der Waals surface area contributed by atoms with Gasteiger partial charge in [-0.2, -0.15) is 0 Å². The van der Waals surface area contributed by atoms with Gasteiger partial charge in [-0.25, -0.2) is 4.79 Å². The highest BCUT2D eigenvalue weighted by molar-refractivity contribution is 5.73. The lowest BCUT2D eigenvalue weighted by Gasteiger charge is -2.11.